The van der Waals surface area contributed by atoms with Crippen molar-refractivity contribution in [3.63, 3.8) is 0 Å². The Balaban J connectivity index is 1.44. The van der Waals surface area contributed by atoms with Crippen molar-refractivity contribution in [2.45, 2.75) is 16.3 Å². The number of nitrogens with zero attached hydrogens (tertiary/aromatic N) is 3. The summed E-state index contributed by atoms with van der Waals surface area (Å²) >= 11 is 7.57. The molecule has 0 saturated carbocycles. The van der Waals surface area contributed by atoms with Crippen LogP contribution in [0.3, 0.4) is 0 Å². The quantitative estimate of drug-likeness (QED) is 0.706. The number of hydrogen-bond acceptors (Lipinski definition) is 6. The number of amides is 1. The van der Waals surface area contributed by atoms with Crippen molar-refractivity contribution in [2.75, 3.05) is 39.3 Å². The van der Waals surface area contributed by atoms with E-state index in [0.717, 1.165) is 44.0 Å². The average molecular weight is 392 g/mol. The molecule has 1 aromatic heterocycles. The third-order valence-electron chi connectivity index (χ3n) is 4.07. The molecule has 1 saturated heterocycles. The smallest absolute Gasteiger partial charge is 0.271 e. The van der Waals surface area contributed by atoms with Crippen LogP contribution < -0.4 is 10.6 Å². The van der Waals surface area contributed by atoms with Gasteiger partial charge in [-0.25, -0.2) is 0 Å². The summed E-state index contributed by atoms with van der Waals surface area (Å²) in [6.45, 7) is 5.87. The monoisotopic (exact) mass is 391 g/mol. The Hall–Kier alpha value is -1.67. The fraction of sp³-hybridized carbons (Fsp3) is 0.389. The SMILES string of the molecule is O=C(NCCCN1CCNCC1)c1ccc(Sc2ccccc2Cl)nn1. The number of piperazine rings is 1. The Kier molecular flexibility index (Phi) is 7.25. The molecule has 26 heavy (non-hydrogen) atoms. The molecular weight excluding hydrogens is 370 g/mol. The second kappa shape index (κ2) is 9.87. The minimum Gasteiger partial charge on any atom is -0.351 e. The summed E-state index contributed by atoms with van der Waals surface area (Å²) in [5.74, 6) is -0.188. The zero-order valence-corrected chi connectivity index (χ0v) is 16.0. The molecule has 0 atom stereocenters. The van der Waals surface area contributed by atoms with Crippen LogP contribution in [0.5, 0.6) is 0 Å². The van der Waals surface area contributed by atoms with Gasteiger partial charge in [-0.05, 0) is 37.2 Å². The average Bonchev–Trinajstić information content (AvgIpc) is 2.68. The van der Waals surface area contributed by atoms with Crippen LogP contribution >= 0.6 is 23.4 Å². The molecule has 6 nitrogen and oxygen atoms in total. The van der Waals surface area contributed by atoms with Gasteiger partial charge in [0.2, 0.25) is 0 Å². The lowest BCUT2D eigenvalue weighted by atomic mass is 10.3. The summed E-state index contributed by atoms with van der Waals surface area (Å²) in [4.78, 5) is 15.5. The van der Waals surface area contributed by atoms with E-state index >= 15 is 0 Å². The molecule has 8 heteroatoms. The molecule has 0 aliphatic carbocycles. The Morgan fingerprint density at radius 1 is 1.19 bits per heavy atom. The van der Waals surface area contributed by atoms with Gasteiger partial charge < -0.3 is 15.5 Å². The number of rotatable bonds is 7. The first-order chi connectivity index (χ1) is 12.7. The summed E-state index contributed by atoms with van der Waals surface area (Å²) in [5.41, 5.74) is 0.329. The molecule has 1 aromatic carbocycles. The minimum absolute atomic E-state index is 0.188. The number of carbonyl (C=O) groups is 1. The van der Waals surface area contributed by atoms with E-state index in [1.165, 1.54) is 11.8 Å². The number of halogens is 1. The van der Waals surface area contributed by atoms with Crippen LogP contribution in [-0.4, -0.2) is 60.3 Å². The normalized spacial score (nSPS) is 15.0. The number of benzene rings is 1. The van der Waals surface area contributed by atoms with E-state index in [1.54, 1.807) is 12.1 Å². The highest BCUT2D eigenvalue weighted by molar-refractivity contribution is 7.99. The van der Waals surface area contributed by atoms with Crippen LogP contribution in [0.15, 0.2) is 46.3 Å². The lowest BCUT2D eigenvalue weighted by Crippen LogP contribution is -2.44. The largest absolute Gasteiger partial charge is 0.351 e. The third-order valence-corrected chi connectivity index (χ3v) is 5.51. The van der Waals surface area contributed by atoms with E-state index in [-0.39, 0.29) is 5.91 Å². The van der Waals surface area contributed by atoms with Gasteiger partial charge in [0.1, 0.15) is 5.03 Å². The molecule has 138 valence electrons. The molecule has 1 fully saturated rings. The van der Waals surface area contributed by atoms with E-state index in [1.807, 2.05) is 24.3 Å². The summed E-state index contributed by atoms with van der Waals surface area (Å²) in [5, 5.41) is 15.8. The van der Waals surface area contributed by atoms with E-state index in [2.05, 4.69) is 25.7 Å². The van der Waals surface area contributed by atoms with Crippen LogP contribution in [0.4, 0.5) is 0 Å². The Morgan fingerprint density at radius 2 is 2.00 bits per heavy atom. The molecule has 0 radical (unpaired) electrons. The van der Waals surface area contributed by atoms with Crippen LogP contribution in [0, 0.1) is 0 Å². The van der Waals surface area contributed by atoms with Gasteiger partial charge in [0.15, 0.2) is 5.69 Å². The highest BCUT2D eigenvalue weighted by Gasteiger charge is 2.11. The van der Waals surface area contributed by atoms with Crippen molar-refractivity contribution >= 4 is 29.3 Å². The maximum Gasteiger partial charge on any atom is 0.271 e. The summed E-state index contributed by atoms with van der Waals surface area (Å²) < 4.78 is 0. The van der Waals surface area contributed by atoms with Crippen LogP contribution in [-0.2, 0) is 0 Å². The van der Waals surface area contributed by atoms with Crippen LogP contribution in [0.25, 0.3) is 0 Å². The van der Waals surface area contributed by atoms with Gasteiger partial charge in [0.25, 0.3) is 5.91 Å². The van der Waals surface area contributed by atoms with Crippen LogP contribution in [0.1, 0.15) is 16.9 Å². The first kappa shape index (κ1) is 19.1. The number of aromatic nitrogens is 2. The Bertz CT molecular complexity index is 722. The first-order valence-corrected chi connectivity index (χ1v) is 9.89. The summed E-state index contributed by atoms with van der Waals surface area (Å²) in [6.07, 6.45) is 0.930. The maximum absolute atomic E-state index is 12.2. The highest BCUT2D eigenvalue weighted by atomic mass is 35.5. The number of hydrogen-bond donors (Lipinski definition) is 2. The Morgan fingerprint density at radius 3 is 2.73 bits per heavy atom. The summed E-state index contributed by atoms with van der Waals surface area (Å²) in [6, 6.07) is 11.0. The lowest BCUT2D eigenvalue weighted by molar-refractivity contribution is 0.0945. The molecule has 0 spiro atoms. The molecule has 2 N–H and O–H groups in total. The van der Waals surface area contributed by atoms with Crippen molar-refractivity contribution < 1.29 is 4.79 Å². The van der Waals surface area contributed by atoms with E-state index in [4.69, 9.17) is 11.6 Å². The van der Waals surface area contributed by atoms with E-state index in [9.17, 15) is 4.79 Å². The lowest BCUT2D eigenvalue weighted by Gasteiger charge is -2.27. The first-order valence-electron chi connectivity index (χ1n) is 8.70. The fourth-order valence-electron chi connectivity index (χ4n) is 2.67. The van der Waals surface area contributed by atoms with Gasteiger partial charge in [-0.2, -0.15) is 0 Å². The van der Waals surface area contributed by atoms with Crippen molar-refractivity contribution in [3.8, 4) is 0 Å². The van der Waals surface area contributed by atoms with Gasteiger partial charge >= 0.3 is 0 Å². The highest BCUT2D eigenvalue weighted by Crippen LogP contribution is 2.31. The molecule has 2 aromatic rings. The standard InChI is InChI=1S/C18H22ClN5OS/c19-14-4-1-2-5-16(14)26-17-7-6-15(22-23-17)18(25)21-8-3-11-24-12-9-20-10-13-24/h1-2,4-7,20H,3,8-13H2,(H,21,25). The predicted molar refractivity (Wildman–Crippen MR) is 104 cm³/mol. The molecule has 3 rings (SSSR count). The topological polar surface area (TPSA) is 70.2 Å². The summed E-state index contributed by atoms with van der Waals surface area (Å²) in [7, 11) is 0. The molecule has 1 aliphatic rings. The molecule has 0 unspecified atom stereocenters. The van der Waals surface area contributed by atoms with Crippen molar-refractivity contribution in [1.29, 1.82) is 0 Å². The molecule has 0 bridgehead atoms. The number of nitrogens with one attached hydrogen (secondary N) is 2. The number of carbonyl (C=O) groups excluding carboxylic acids is 1. The van der Waals surface area contributed by atoms with Crippen molar-refractivity contribution in [2.24, 2.45) is 0 Å². The second-order valence-electron chi connectivity index (χ2n) is 5.99. The Labute approximate surface area is 162 Å². The fourth-order valence-corrected chi connectivity index (χ4v) is 3.67. The van der Waals surface area contributed by atoms with E-state index in [0.29, 0.717) is 22.3 Å². The second-order valence-corrected chi connectivity index (χ2v) is 7.46. The third kappa shape index (κ3) is 5.67. The molecular formula is C18H22ClN5OS. The molecule has 1 aliphatic heterocycles. The molecule has 1 amide bonds. The molecule has 2 heterocycles. The van der Waals surface area contributed by atoms with Gasteiger partial charge in [-0.1, -0.05) is 35.5 Å². The van der Waals surface area contributed by atoms with E-state index < -0.39 is 0 Å². The van der Waals surface area contributed by atoms with Gasteiger partial charge in [0, 0.05) is 37.6 Å². The van der Waals surface area contributed by atoms with Gasteiger partial charge in [-0.15, -0.1) is 10.2 Å². The predicted octanol–water partition coefficient (Wildman–Crippen LogP) is 2.31. The maximum atomic E-state index is 12.2. The zero-order chi connectivity index (χ0) is 18.2. The van der Waals surface area contributed by atoms with Gasteiger partial charge in [0.05, 0.1) is 5.02 Å². The van der Waals surface area contributed by atoms with Crippen molar-refractivity contribution in [1.82, 2.24) is 25.7 Å². The van der Waals surface area contributed by atoms with Crippen LogP contribution in [0.2, 0.25) is 5.02 Å². The van der Waals surface area contributed by atoms with Gasteiger partial charge in [-0.3, -0.25) is 4.79 Å². The van der Waals surface area contributed by atoms with Crippen molar-refractivity contribution in [3.05, 3.63) is 47.1 Å². The minimum atomic E-state index is -0.188. The zero-order valence-electron chi connectivity index (χ0n) is 14.4.